The maximum absolute atomic E-state index is 12.6. The summed E-state index contributed by atoms with van der Waals surface area (Å²) in [5, 5.41) is 0. The van der Waals surface area contributed by atoms with Crippen molar-refractivity contribution in [2.75, 3.05) is 33.0 Å². The van der Waals surface area contributed by atoms with Gasteiger partial charge in [-0.3, -0.25) is 19.2 Å². The van der Waals surface area contributed by atoms with Gasteiger partial charge in [-0.2, -0.15) is 0 Å². The predicted octanol–water partition coefficient (Wildman–Crippen LogP) is 5.05. The van der Waals surface area contributed by atoms with Crippen molar-refractivity contribution in [3.8, 4) is 5.75 Å². The summed E-state index contributed by atoms with van der Waals surface area (Å²) in [6, 6.07) is 7.97. The number of carbonyl (C=O) groups is 4. The molecule has 9 heteroatoms. The van der Waals surface area contributed by atoms with Gasteiger partial charge in [0.25, 0.3) is 0 Å². The molecule has 0 aliphatic heterocycles. The summed E-state index contributed by atoms with van der Waals surface area (Å²) >= 11 is 0. The molecule has 0 saturated heterocycles. The number of hydrogen-bond acceptors (Lipinski definition) is 9. The maximum Gasteiger partial charge on any atom is 0.303 e. The topological polar surface area (TPSA) is 114 Å². The third-order valence-electron chi connectivity index (χ3n) is 6.71. The van der Waals surface area contributed by atoms with Gasteiger partial charge in [0.15, 0.2) is 11.2 Å². The number of carbonyl (C=O) groups excluding carboxylic acids is 4. The van der Waals surface area contributed by atoms with Crippen LogP contribution < -0.4 is 4.74 Å². The summed E-state index contributed by atoms with van der Waals surface area (Å²) < 4.78 is 28.0. The van der Waals surface area contributed by atoms with Crippen LogP contribution in [0.25, 0.3) is 0 Å². The van der Waals surface area contributed by atoms with Crippen LogP contribution in [0, 0.1) is 5.41 Å². The van der Waals surface area contributed by atoms with Gasteiger partial charge in [-0.25, -0.2) is 0 Å². The van der Waals surface area contributed by atoms with Crippen molar-refractivity contribution >= 4 is 23.5 Å². The van der Waals surface area contributed by atoms with E-state index in [1.807, 2.05) is 19.1 Å². The van der Waals surface area contributed by atoms with E-state index in [1.165, 1.54) is 59.9 Å². The lowest BCUT2D eigenvalue weighted by molar-refractivity contribution is -0.165. The molecule has 0 aliphatic carbocycles. The van der Waals surface area contributed by atoms with Crippen molar-refractivity contribution in [2.24, 2.45) is 5.41 Å². The lowest BCUT2D eigenvalue weighted by Gasteiger charge is -2.33. The van der Waals surface area contributed by atoms with E-state index in [0.717, 1.165) is 12.8 Å². The summed E-state index contributed by atoms with van der Waals surface area (Å²) in [5.74, 6) is -1.18. The molecule has 0 saturated carbocycles. The largest absolute Gasteiger partial charge is 0.493 e. The number of hydrogen-bond donors (Lipinski definition) is 0. The van der Waals surface area contributed by atoms with Crippen molar-refractivity contribution < 1.29 is 42.9 Å². The van der Waals surface area contributed by atoms with E-state index in [-0.39, 0.29) is 44.6 Å². The second-order valence-electron chi connectivity index (χ2n) is 11.3. The van der Waals surface area contributed by atoms with E-state index in [1.54, 1.807) is 0 Å². The highest BCUT2D eigenvalue weighted by Crippen LogP contribution is 2.27. The molecule has 0 heterocycles. The molecule has 0 aromatic heterocycles. The predicted molar refractivity (Wildman–Crippen MR) is 151 cm³/mol. The van der Waals surface area contributed by atoms with Crippen molar-refractivity contribution in [3.63, 3.8) is 0 Å². The number of Topliss-reactive ketones (excluding diaryl/α,β-unsaturated/α-hetero) is 2. The normalized spacial score (nSPS) is 12.1. The minimum atomic E-state index is -1.32. The number of unbranched alkanes of at least 4 members (excludes halogenated alkanes) is 2. The molecule has 40 heavy (non-hydrogen) atoms. The molecule has 1 aromatic carbocycles. The number of rotatable bonds is 20. The Kier molecular flexibility index (Phi) is 14.5. The van der Waals surface area contributed by atoms with Crippen molar-refractivity contribution in [1.29, 1.82) is 0 Å². The van der Waals surface area contributed by atoms with Gasteiger partial charge >= 0.3 is 11.9 Å². The summed E-state index contributed by atoms with van der Waals surface area (Å²) in [7, 11) is 0. The van der Waals surface area contributed by atoms with E-state index in [4.69, 9.17) is 23.7 Å². The number of ether oxygens (including phenoxy) is 5. The first-order valence-corrected chi connectivity index (χ1v) is 14.0. The Bertz CT molecular complexity index is 918. The zero-order chi connectivity index (χ0) is 30.4. The Balaban J connectivity index is 2.92. The smallest absolute Gasteiger partial charge is 0.303 e. The van der Waals surface area contributed by atoms with Crippen LogP contribution in [0.15, 0.2) is 24.3 Å². The second-order valence-corrected chi connectivity index (χ2v) is 11.3. The van der Waals surface area contributed by atoms with Gasteiger partial charge in [0, 0.05) is 13.8 Å². The van der Waals surface area contributed by atoms with Crippen LogP contribution >= 0.6 is 0 Å². The molecule has 0 aliphatic rings. The summed E-state index contributed by atoms with van der Waals surface area (Å²) in [4.78, 5) is 48.0. The number of aryl methyl sites for hydroxylation is 1. The number of esters is 2. The van der Waals surface area contributed by atoms with Gasteiger partial charge in [0.1, 0.15) is 19.0 Å². The van der Waals surface area contributed by atoms with Crippen LogP contribution in [0.1, 0.15) is 86.6 Å². The summed E-state index contributed by atoms with van der Waals surface area (Å²) in [5.41, 5.74) is -2.09. The highest BCUT2D eigenvalue weighted by Gasteiger charge is 2.36. The third kappa shape index (κ3) is 12.6. The average Bonchev–Trinajstić information content (AvgIpc) is 2.86. The zero-order valence-corrected chi connectivity index (χ0v) is 25.6. The Morgan fingerprint density at radius 1 is 0.700 bits per heavy atom. The summed E-state index contributed by atoms with van der Waals surface area (Å²) in [6.45, 7) is 12.5. The monoisotopic (exact) mass is 564 g/mol. The fraction of sp³-hybridized carbons (Fsp3) is 0.677. The molecule has 0 N–H and O–H groups in total. The molecule has 226 valence electrons. The maximum atomic E-state index is 12.6. The molecule has 0 amide bonds. The Labute approximate surface area is 239 Å². The molecule has 1 rings (SSSR count). The lowest BCUT2D eigenvalue weighted by atomic mass is 9.87. The van der Waals surface area contributed by atoms with E-state index in [9.17, 15) is 19.2 Å². The standard InChI is InChI=1S/C31H48O9/c1-9-11-12-13-25-14-16-26(17-15-25)38-22-31(10-2,20-36-18-27(34)29(5,6)39-23(3)32)21-37-19-28(35)30(7,8)40-24(4)33/h14-17H,9-13,18-22H2,1-8H3. The van der Waals surface area contributed by atoms with E-state index < -0.39 is 28.6 Å². The van der Waals surface area contributed by atoms with Crippen molar-refractivity contribution in [1.82, 2.24) is 0 Å². The van der Waals surface area contributed by atoms with Gasteiger partial charge in [-0.15, -0.1) is 0 Å². The van der Waals surface area contributed by atoms with Crippen molar-refractivity contribution in [3.05, 3.63) is 29.8 Å². The zero-order valence-electron chi connectivity index (χ0n) is 25.6. The molecule has 0 atom stereocenters. The van der Waals surface area contributed by atoms with Gasteiger partial charge in [-0.1, -0.05) is 38.8 Å². The quantitative estimate of drug-likeness (QED) is 0.158. The minimum Gasteiger partial charge on any atom is -0.493 e. The van der Waals surface area contributed by atoms with Gasteiger partial charge < -0.3 is 23.7 Å². The third-order valence-corrected chi connectivity index (χ3v) is 6.71. The van der Waals surface area contributed by atoms with E-state index >= 15 is 0 Å². The molecule has 9 nitrogen and oxygen atoms in total. The Hall–Kier alpha value is -2.78. The minimum absolute atomic E-state index is 0.0992. The number of benzene rings is 1. The Morgan fingerprint density at radius 3 is 1.57 bits per heavy atom. The molecule has 1 aromatic rings. The van der Waals surface area contributed by atoms with Gasteiger partial charge in [-0.05, 0) is 64.7 Å². The van der Waals surface area contributed by atoms with Crippen LogP contribution in [-0.2, 0) is 44.5 Å². The lowest BCUT2D eigenvalue weighted by Crippen LogP contribution is -2.43. The van der Waals surface area contributed by atoms with Crippen LogP contribution in [-0.4, -0.2) is 67.7 Å². The van der Waals surface area contributed by atoms with Gasteiger partial charge in [0.2, 0.25) is 11.6 Å². The highest BCUT2D eigenvalue weighted by molar-refractivity contribution is 5.90. The van der Waals surface area contributed by atoms with Gasteiger partial charge in [0.05, 0.1) is 25.2 Å². The molecule has 0 spiro atoms. The first kappa shape index (κ1) is 35.2. The fourth-order valence-electron chi connectivity index (χ4n) is 3.90. The molecule has 0 bridgehead atoms. The fourth-order valence-corrected chi connectivity index (χ4v) is 3.90. The molecule has 0 radical (unpaired) electrons. The van der Waals surface area contributed by atoms with Crippen LogP contribution in [0.2, 0.25) is 0 Å². The first-order chi connectivity index (χ1) is 18.7. The SMILES string of the molecule is CCCCCc1ccc(OCC(CC)(COCC(=O)C(C)(C)OC(C)=O)COCC(=O)C(C)(C)OC(C)=O)cc1. The average molecular weight is 565 g/mol. The van der Waals surface area contributed by atoms with Crippen molar-refractivity contribution in [2.45, 2.75) is 98.7 Å². The molecular weight excluding hydrogens is 516 g/mol. The number of ketones is 2. The van der Waals surface area contributed by atoms with E-state index in [0.29, 0.717) is 12.2 Å². The molecule has 0 unspecified atom stereocenters. The van der Waals surface area contributed by atoms with Crippen LogP contribution in [0.5, 0.6) is 5.75 Å². The highest BCUT2D eigenvalue weighted by atomic mass is 16.6. The Morgan fingerprint density at radius 2 is 1.18 bits per heavy atom. The first-order valence-electron chi connectivity index (χ1n) is 14.0. The second kappa shape index (κ2) is 16.5. The molecular formula is C31H48O9. The van der Waals surface area contributed by atoms with E-state index in [2.05, 4.69) is 19.1 Å². The molecule has 0 fully saturated rings. The summed E-state index contributed by atoms with van der Waals surface area (Å²) in [6.07, 6.45) is 5.09. The van der Waals surface area contributed by atoms with Crippen LogP contribution in [0.3, 0.4) is 0 Å². The van der Waals surface area contributed by atoms with Crippen LogP contribution in [0.4, 0.5) is 0 Å².